The lowest BCUT2D eigenvalue weighted by atomic mass is 10.3. The highest BCUT2D eigenvalue weighted by atomic mass is 32.2. The van der Waals surface area contributed by atoms with Gasteiger partial charge in [0.1, 0.15) is 11.5 Å². The molecular formula is C18H22O4S. The van der Waals surface area contributed by atoms with E-state index in [0.717, 1.165) is 21.3 Å². The van der Waals surface area contributed by atoms with Gasteiger partial charge in [-0.15, -0.1) is 0 Å². The first kappa shape index (κ1) is 17.7. The molecule has 0 fully saturated rings. The van der Waals surface area contributed by atoms with Gasteiger partial charge in [-0.2, -0.15) is 0 Å². The van der Waals surface area contributed by atoms with Gasteiger partial charge >= 0.3 is 0 Å². The Bertz CT molecular complexity index is 503. The van der Waals surface area contributed by atoms with Gasteiger partial charge in [0.2, 0.25) is 0 Å². The van der Waals surface area contributed by atoms with Crippen LogP contribution in [-0.2, 0) is 9.47 Å². The van der Waals surface area contributed by atoms with Crippen molar-refractivity contribution in [2.45, 2.75) is 23.6 Å². The Labute approximate surface area is 141 Å². The number of hydrogen-bond acceptors (Lipinski definition) is 5. The highest BCUT2D eigenvalue weighted by Crippen LogP contribution is 2.30. The van der Waals surface area contributed by atoms with E-state index in [2.05, 4.69) is 0 Å². The van der Waals surface area contributed by atoms with Crippen LogP contribution in [0.1, 0.15) is 13.8 Å². The Hall–Kier alpha value is -1.69. The number of ether oxygens (including phenoxy) is 4. The highest BCUT2D eigenvalue weighted by molar-refractivity contribution is 7.99. The minimum Gasteiger partial charge on any atom is -0.468 e. The molecule has 0 saturated heterocycles. The third-order valence-corrected chi connectivity index (χ3v) is 3.93. The molecule has 23 heavy (non-hydrogen) atoms. The van der Waals surface area contributed by atoms with Crippen molar-refractivity contribution in [2.75, 3.05) is 26.8 Å². The van der Waals surface area contributed by atoms with Gasteiger partial charge in [0, 0.05) is 23.0 Å². The molecule has 4 nitrogen and oxygen atoms in total. The van der Waals surface area contributed by atoms with Gasteiger partial charge in [0.05, 0.1) is 0 Å². The zero-order valence-corrected chi connectivity index (χ0v) is 14.3. The molecule has 0 bridgehead atoms. The van der Waals surface area contributed by atoms with E-state index in [0.29, 0.717) is 13.2 Å². The second-order valence-corrected chi connectivity index (χ2v) is 5.70. The first-order valence-electron chi connectivity index (χ1n) is 7.61. The van der Waals surface area contributed by atoms with E-state index < -0.39 is 0 Å². The average molecular weight is 334 g/mol. The Kier molecular flexibility index (Phi) is 7.80. The quantitative estimate of drug-likeness (QED) is 0.469. The fourth-order valence-corrected chi connectivity index (χ4v) is 2.55. The molecule has 5 heteroatoms. The second-order valence-electron chi connectivity index (χ2n) is 4.55. The van der Waals surface area contributed by atoms with Gasteiger partial charge in [-0.1, -0.05) is 11.8 Å². The van der Waals surface area contributed by atoms with Crippen LogP contribution in [0.25, 0.3) is 0 Å². The van der Waals surface area contributed by atoms with Crippen molar-refractivity contribution in [3.63, 3.8) is 0 Å². The van der Waals surface area contributed by atoms with Crippen molar-refractivity contribution in [3.05, 3.63) is 48.5 Å². The largest absolute Gasteiger partial charge is 0.468 e. The Morgan fingerprint density at radius 2 is 1.04 bits per heavy atom. The van der Waals surface area contributed by atoms with Crippen molar-refractivity contribution in [1.29, 1.82) is 0 Å². The van der Waals surface area contributed by atoms with Crippen molar-refractivity contribution < 1.29 is 18.9 Å². The molecule has 0 aromatic heterocycles. The van der Waals surface area contributed by atoms with Crippen LogP contribution in [-0.4, -0.2) is 26.8 Å². The van der Waals surface area contributed by atoms with Gasteiger partial charge in [0.15, 0.2) is 13.6 Å². The number of hydrogen-bond donors (Lipinski definition) is 0. The van der Waals surface area contributed by atoms with E-state index in [1.807, 2.05) is 62.4 Å². The average Bonchev–Trinajstić information content (AvgIpc) is 2.58. The van der Waals surface area contributed by atoms with Crippen molar-refractivity contribution in [3.8, 4) is 11.5 Å². The van der Waals surface area contributed by atoms with Crippen LogP contribution in [0.5, 0.6) is 11.5 Å². The molecule has 0 unspecified atom stereocenters. The maximum Gasteiger partial charge on any atom is 0.189 e. The third-order valence-electron chi connectivity index (χ3n) is 2.91. The van der Waals surface area contributed by atoms with Crippen LogP contribution >= 0.6 is 11.8 Å². The van der Waals surface area contributed by atoms with Crippen LogP contribution in [0.4, 0.5) is 0 Å². The van der Waals surface area contributed by atoms with Gasteiger partial charge in [-0.3, -0.25) is 0 Å². The molecule has 2 aromatic carbocycles. The first-order chi connectivity index (χ1) is 11.3. The molecule has 0 aliphatic heterocycles. The lowest BCUT2D eigenvalue weighted by Crippen LogP contribution is -2.01. The van der Waals surface area contributed by atoms with Gasteiger partial charge < -0.3 is 18.9 Å². The monoisotopic (exact) mass is 334 g/mol. The topological polar surface area (TPSA) is 36.9 Å². The van der Waals surface area contributed by atoms with Crippen LogP contribution in [0.3, 0.4) is 0 Å². The van der Waals surface area contributed by atoms with Gasteiger partial charge in [-0.05, 0) is 62.4 Å². The molecule has 0 aliphatic rings. The summed E-state index contributed by atoms with van der Waals surface area (Å²) in [6.45, 7) is 5.75. The molecule has 124 valence electrons. The first-order valence-corrected chi connectivity index (χ1v) is 8.42. The molecule has 0 N–H and O–H groups in total. The van der Waals surface area contributed by atoms with E-state index in [4.69, 9.17) is 18.9 Å². The predicted octanol–water partition coefficient (Wildman–Crippen LogP) is 4.58. The number of rotatable bonds is 10. The normalized spacial score (nSPS) is 10.5. The van der Waals surface area contributed by atoms with E-state index in [1.165, 1.54) is 0 Å². The highest BCUT2D eigenvalue weighted by Gasteiger charge is 2.00. The molecule has 2 rings (SSSR count). The third kappa shape index (κ3) is 6.52. The van der Waals surface area contributed by atoms with Crippen LogP contribution in [0.2, 0.25) is 0 Å². The molecule has 0 heterocycles. The van der Waals surface area contributed by atoms with Crippen LogP contribution < -0.4 is 9.47 Å². The Morgan fingerprint density at radius 1 is 0.652 bits per heavy atom. The predicted molar refractivity (Wildman–Crippen MR) is 91.2 cm³/mol. The maximum atomic E-state index is 5.45. The standard InChI is InChI=1S/C18H22O4S/c1-3-19-13-21-15-5-9-17(10-6-15)23-18-11-7-16(8-12-18)22-14-20-4-2/h5-12H,3-4,13-14H2,1-2H3. The minimum atomic E-state index is 0.284. The summed E-state index contributed by atoms with van der Waals surface area (Å²) < 4.78 is 21.2. The molecular weight excluding hydrogens is 312 g/mol. The summed E-state index contributed by atoms with van der Waals surface area (Å²) in [7, 11) is 0. The smallest absolute Gasteiger partial charge is 0.189 e. The fourth-order valence-electron chi connectivity index (χ4n) is 1.73. The molecule has 0 atom stereocenters. The zero-order chi connectivity index (χ0) is 16.3. The van der Waals surface area contributed by atoms with Crippen molar-refractivity contribution in [1.82, 2.24) is 0 Å². The second kappa shape index (κ2) is 10.2. The summed E-state index contributed by atoms with van der Waals surface area (Å²) in [6, 6.07) is 15.9. The molecule has 2 aromatic rings. The lowest BCUT2D eigenvalue weighted by molar-refractivity contribution is 0.0221. The Morgan fingerprint density at radius 3 is 1.39 bits per heavy atom. The van der Waals surface area contributed by atoms with Crippen molar-refractivity contribution in [2.24, 2.45) is 0 Å². The van der Waals surface area contributed by atoms with Gasteiger partial charge in [0.25, 0.3) is 0 Å². The summed E-state index contributed by atoms with van der Waals surface area (Å²) in [5.41, 5.74) is 0. The Balaban J connectivity index is 1.84. The van der Waals surface area contributed by atoms with E-state index >= 15 is 0 Å². The summed E-state index contributed by atoms with van der Waals surface area (Å²) in [5.74, 6) is 1.62. The van der Waals surface area contributed by atoms with Gasteiger partial charge in [-0.25, -0.2) is 0 Å². The SMILES string of the molecule is CCOCOc1ccc(Sc2ccc(OCOCC)cc2)cc1. The van der Waals surface area contributed by atoms with Crippen molar-refractivity contribution >= 4 is 11.8 Å². The lowest BCUT2D eigenvalue weighted by Gasteiger charge is -2.08. The van der Waals surface area contributed by atoms with Crippen LogP contribution in [0, 0.1) is 0 Å². The van der Waals surface area contributed by atoms with Crippen LogP contribution in [0.15, 0.2) is 58.3 Å². The van der Waals surface area contributed by atoms with E-state index in [-0.39, 0.29) is 13.6 Å². The molecule has 0 radical (unpaired) electrons. The zero-order valence-electron chi connectivity index (χ0n) is 13.5. The summed E-state index contributed by atoms with van der Waals surface area (Å²) in [5, 5.41) is 0. The summed E-state index contributed by atoms with van der Waals surface area (Å²) >= 11 is 1.69. The number of benzene rings is 2. The molecule has 0 spiro atoms. The summed E-state index contributed by atoms with van der Waals surface area (Å²) in [4.78, 5) is 2.30. The molecule has 0 saturated carbocycles. The van der Waals surface area contributed by atoms with E-state index in [1.54, 1.807) is 11.8 Å². The molecule has 0 aliphatic carbocycles. The minimum absolute atomic E-state index is 0.284. The molecule has 0 amide bonds. The maximum absolute atomic E-state index is 5.45. The summed E-state index contributed by atoms with van der Waals surface area (Å²) in [6.07, 6.45) is 0. The fraction of sp³-hybridized carbons (Fsp3) is 0.333. The van der Waals surface area contributed by atoms with E-state index in [9.17, 15) is 0 Å².